The largest absolute Gasteiger partial charge is 0.494 e. The van der Waals surface area contributed by atoms with Crippen molar-refractivity contribution in [1.82, 2.24) is 0 Å². The predicted molar refractivity (Wildman–Crippen MR) is 151 cm³/mol. The molecule has 1 N–H and O–H groups in total. The van der Waals surface area contributed by atoms with Gasteiger partial charge < -0.3 is 19.3 Å². The Labute approximate surface area is 233 Å². The van der Waals surface area contributed by atoms with Crippen LogP contribution in [0.1, 0.15) is 55.8 Å². The third-order valence-electron chi connectivity index (χ3n) is 6.14. The second kappa shape index (κ2) is 15.1. The number of esters is 1. The molecule has 0 atom stereocenters. The fraction of sp³-hybridized carbons (Fsp3) is 0.290. The van der Waals surface area contributed by atoms with E-state index in [2.05, 4.69) is 6.58 Å². The van der Waals surface area contributed by atoms with Crippen molar-refractivity contribution in [2.75, 3.05) is 13.2 Å². The molecule has 9 heteroatoms. The molecule has 0 saturated carbocycles. The number of nitrogens with zero attached hydrogens (tertiary/aromatic N) is 1. The summed E-state index contributed by atoms with van der Waals surface area (Å²) in [4.78, 5) is 34.5. The molecule has 0 aliphatic rings. The van der Waals surface area contributed by atoms with Gasteiger partial charge in [-0.1, -0.05) is 44.0 Å². The van der Waals surface area contributed by atoms with E-state index in [4.69, 9.17) is 19.3 Å². The number of benzene rings is 3. The Bertz CT molecular complexity index is 1320. The Morgan fingerprint density at radius 3 is 2.10 bits per heavy atom. The summed E-state index contributed by atoms with van der Waals surface area (Å²) in [5.74, 6) is -0.494. The van der Waals surface area contributed by atoms with Crippen LogP contribution in [0.2, 0.25) is 0 Å². The number of carbonyl (C=O) groups is 2. The number of ether oxygens (including phenoxy) is 3. The number of hydrogen-bond donors (Lipinski definition) is 1. The summed E-state index contributed by atoms with van der Waals surface area (Å²) in [6, 6.07) is 18.0. The number of carbonyl (C=O) groups excluding carboxylic acids is 1. The fourth-order valence-corrected chi connectivity index (χ4v) is 3.95. The first-order valence-corrected chi connectivity index (χ1v) is 13.2. The van der Waals surface area contributed by atoms with E-state index in [0.29, 0.717) is 36.7 Å². The van der Waals surface area contributed by atoms with Crippen LogP contribution >= 0.6 is 0 Å². The molecule has 40 heavy (non-hydrogen) atoms. The van der Waals surface area contributed by atoms with Gasteiger partial charge in [0, 0.05) is 11.6 Å². The zero-order chi connectivity index (χ0) is 28.9. The predicted octanol–water partition coefficient (Wildman–Crippen LogP) is 7.24. The normalized spacial score (nSPS) is 10.5. The lowest BCUT2D eigenvalue weighted by Crippen LogP contribution is -2.10. The van der Waals surface area contributed by atoms with Gasteiger partial charge in [-0.3, -0.25) is 10.1 Å². The van der Waals surface area contributed by atoms with Gasteiger partial charge >= 0.3 is 17.6 Å². The summed E-state index contributed by atoms with van der Waals surface area (Å²) in [5, 5.41) is 20.5. The second-order valence-corrected chi connectivity index (χ2v) is 9.09. The number of hydrogen-bond acceptors (Lipinski definition) is 7. The van der Waals surface area contributed by atoms with Crippen LogP contribution in [-0.2, 0) is 4.79 Å². The van der Waals surface area contributed by atoms with E-state index in [0.717, 1.165) is 37.7 Å². The molecule has 3 aromatic rings. The van der Waals surface area contributed by atoms with Gasteiger partial charge in [0.15, 0.2) is 0 Å². The third-order valence-corrected chi connectivity index (χ3v) is 6.14. The average Bonchev–Trinajstić information content (AvgIpc) is 2.95. The Morgan fingerprint density at radius 2 is 1.45 bits per heavy atom. The maximum Gasteiger partial charge on any atom is 0.343 e. The van der Waals surface area contributed by atoms with Crippen molar-refractivity contribution in [3.63, 3.8) is 0 Å². The molecule has 0 fully saturated rings. The summed E-state index contributed by atoms with van der Waals surface area (Å²) in [6.45, 7) is 6.46. The number of nitro groups is 1. The number of unbranched alkanes of at least 4 members (excludes halogenated alkanes) is 4. The summed E-state index contributed by atoms with van der Waals surface area (Å²) >= 11 is 0. The number of rotatable bonds is 16. The highest BCUT2D eigenvalue weighted by molar-refractivity contribution is 5.92. The second-order valence-electron chi connectivity index (χ2n) is 9.09. The standard InChI is InChI=1S/C31H33NO8/c1-3-38-26-15-10-23(11-16-26)25-14-19-29(28(21-25)32(36)37)40-31(35)24-12-17-27(18-13-24)39-20-8-6-4-5-7-9-22(2)30(33)34/h10-19,21H,2-9,20H2,1H3,(H,33,34). The minimum Gasteiger partial charge on any atom is -0.494 e. The van der Waals surface area contributed by atoms with Crippen molar-refractivity contribution in [2.24, 2.45) is 0 Å². The third kappa shape index (κ3) is 8.97. The molecule has 9 nitrogen and oxygen atoms in total. The monoisotopic (exact) mass is 547 g/mol. The van der Waals surface area contributed by atoms with Crippen LogP contribution in [0, 0.1) is 10.1 Å². The molecule has 3 rings (SSSR count). The summed E-state index contributed by atoms with van der Waals surface area (Å²) in [6.07, 6.45) is 5.03. The van der Waals surface area contributed by atoms with E-state index in [1.54, 1.807) is 42.5 Å². The SMILES string of the molecule is C=C(CCCCCCCOc1ccc(C(=O)Oc2ccc(-c3ccc(OCC)cc3)cc2[N+](=O)[O-])cc1)C(=O)O. The van der Waals surface area contributed by atoms with Crippen LogP contribution < -0.4 is 14.2 Å². The summed E-state index contributed by atoms with van der Waals surface area (Å²) < 4.78 is 16.5. The maximum absolute atomic E-state index is 12.7. The van der Waals surface area contributed by atoms with Crippen LogP contribution in [0.25, 0.3) is 11.1 Å². The summed E-state index contributed by atoms with van der Waals surface area (Å²) in [7, 11) is 0. The van der Waals surface area contributed by atoms with Crippen molar-refractivity contribution in [2.45, 2.75) is 45.4 Å². The lowest BCUT2D eigenvalue weighted by atomic mass is 10.0. The molecule has 0 aromatic heterocycles. The van der Waals surface area contributed by atoms with Gasteiger partial charge in [-0.15, -0.1) is 0 Å². The van der Waals surface area contributed by atoms with Crippen LogP contribution in [-0.4, -0.2) is 35.2 Å². The van der Waals surface area contributed by atoms with Crippen molar-refractivity contribution < 1.29 is 33.8 Å². The lowest BCUT2D eigenvalue weighted by molar-refractivity contribution is -0.385. The first kappa shape index (κ1) is 29.9. The van der Waals surface area contributed by atoms with Crippen LogP contribution in [0.5, 0.6) is 17.2 Å². The number of carboxylic acids is 1. The van der Waals surface area contributed by atoms with Crippen LogP contribution in [0.4, 0.5) is 5.69 Å². The molecule has 0 aliphatic carbocycles. The van der Waals surface area contributed by atoms with Crippen molar-refractivity contribution >= 4 is 17.6 Å². The molecule has 0 amide bonds. The van der Waals surface area contributed by atoms with Crippen molar-refractivity contribution in [3.8, 4) is 28.4 Å². The molecule has 3 aromatic carbocycles. The van der Waals surface area contributed by atoms with E-state index < -0.39 is 16.9 Å². The zero-order valence-electron chi connectivity index (χ0n) is 22.5. The van der Waals surface area contributed by atoms with E-state index in [9.17, 15) is 19.7 Å². The molecule has 210 valence electrons. The molecule has 0 spiro atoms. The van der Waals surface area contributed by atoms with Crippen LogP contribution in [0.15, 0.2) is 78.9 Å². The minimum atomic E-state index is -0.941. The van der Waals surface area contributed by atoms with Gasteiger partial charge in [-0.25, -0.2) is 9.59 Å². The highest BCUT2D eigenvalue weighted by atomic mass is 16.6. The molecule has 0 heterocycles. The molecule has 0 unspecified atom stereocenters. The fourth-order valence-electron chi connectivity index (χ4n) is 3.95. The van der Waals surface area contributed by atoms with Gasteiger partial charge in [0.2, 0.25) is 5.75 Å². The summed E-state index contributed by atoms with van der Waals surface area (Å²) in [5.41, 5.74) is 1.54. The van der Waals surface area contributed by atoms with Crippen molar-refractivity contribution in [3.05, 3.63) is 94.6 Å². The first-order valence-electron chi connectivity index (χ1n) is 13.2. The highest BCUT2D eigenvalue weighted by Gasteiger charge is 2.20. The molecule has 0 saturated heterocycles. The molecule has 0 aliphatic heterocycles. The van der Waals surface area contributed by atoms with Gasteiger partial charge in [0.25, 0.3) is 0 Å². The van der Waals surface area contributed by atoms with E-state index in [-0.39, 0.29) is 22.6 Å². The van der Waals surface area contributed by atoms with E-state index in [1.807, 2.05) is 19.1 Å². The Hall–Kier alpha value is -4.66. The van der Waals surface area contributed by atoms with Crippen molar-refractivity contribution in [1.29, 1.82) is 0 Å². The Balaban J connectivity index is 1.50. The Kier molecular flexibility index (Phi) is 11.3. The van der Waals surface area contributed by atoms with Gasteiger partial charge in [-0.05, 0) is 79.8 Å². The molecule has 0 radical (unpaired) electrons. The first-order chi connectivity index (χ1) is 19.3. The van der Waals surface area contributed by atoms with Gasteiger partial charge in [0.1, 0.15) is 11.5 Å². The smallest absolute Gasteiger partial charge is 0.343 e. The number of nitro benzene ring substituents is 1. The quantitative estimate of drug-likeness (QED) is 0.0497. The van der Waals surface area contributed by atoms with Crippen LogP contribution in [0.3, 0.4) is 0 Å². The van der Waals surface area contributed by atoms with E-state index in [1.165, 1.54) is 12.1 Å². The Morgan fingerprint density at radius 1 is 0.850 bits per heavy atom. The average molecular weight is 548 g/mol. The number of aliphatic carboxylic acids is 1. The van der Waals surface area contributed by atoms with E-state index >= 15 is 0 Å². The number of carboxylic acid groups (broad SMARTS) is 1. The highest BCUT2D eigenvalue weighted by Crippen LogP contribution is 2.33. The topological polar surface area (TPSA) is 125 Å². The minimum absolute atomic E-state index is 0.141. The maximum atomic E-state index is 12.7. The molecule has 0 bridgehead atoms. The lowest BCUT2D eigenvalue weighted by Gasteiger charge is -2.09. The van der Waals surface area contributed by atoms with Gasteiger partial charge in [0.05, 0.1) is 23.7 Å². The molecular formula is C31H33NO8. The van der Waals surface area contributed by atoms with Gasteiger partial charge in [-0.2, -0.15) is 0 Å². The molecular weight excluding hydrogens is 514 g/mol. The zero-order valence-corrected chi connectivity index (χ0v) is 22.5.